The Kier molecular flexibility index (Phi) is 7.31. The molecule has 1 rings (SSSR count). The summed E-state index contributed by atoms with van der Waals surface area (Å²) in [4.78, 5) is 10.9. The number of methoxy groups -OCH3 is 1. The average molecular weight is 278 g/mol. The lowest BCUT2D eigenvalue weighted by Gasteiger charge is -2.13. The molecule has 0 radical (unpaired) electrons. The van der Waals surface area contributed by atoms with Crippen LogP contribution in [0.3, 0.4) is 0 Å². The van der Waals surface area contributed by atoms with E-state index in [1.807, 2.05) is 0 Å². The second kappa shape index (κ2) is 7.89. The van der Waals surface area contributed by atoms with E-state index in [-0.39, 0.29) is 24.9 Å². The quantitative estimate of drug-likeness (QED) is 0.663. The molecule has 0 aliphatic carbocycles. The monoisotopic (exact) mass is 277 g/mol. The molecule has 0 aliphatic rings. The van der Waals surface area contributed by atoms with E-state index in [0.29, 0.717) is 11.5 Å². The third-order valence-corrected chi connectivity index (χ3v) is 2.29. The van der Waals surface area contributed by atoms with Crippen molar-refractivity contribution in [1.29, 1.82) is 0 Å². The van der Waals surface area contributed by atoms with Crippen LogP contribution in [-0.4, -0.2) is 19.8 Å². The fourth-order valence-corrected chi connectivity index (χ4v) is 1.44. The number of hydrogen-bond acceptors (Lipinski definition) is 4. The maximum atomic E-state index is 12.2. The fourth-order valence-electron chi connectivity index (χ4n) is 1.44. The van der Waals surface area contributed by atoms with Gasteiger partial charge in [-0.2, -0.15) is 0 Å². The van der Waals surface area contributed by atoms with E-state index in [4.69, 9.17) is 15.2 Å². The van der Waals surface area contributed by atoms with Crippen LogP contribution >= 0.6 is 12.4 Å². The van der Waals surface area contributed by atoms with Gasteiger partial charge in [-0.15, -0.1) is 12.4 Å². The topological polar surface area (TPSA) is 61.6 Å². The summed E-state index contributed by atoms with van der Waals surface area (Å²) >= 11 is 0. The van der Waals surface area contributed by atoms with Crippen LogP contribution < -0.4 is 15.2 Å². The Bertz CT molecular complexity index is 401. The summed E-state index contributed by atoms with van der Waals surface area (Å²) in [7, 11) is 1.47. The minimum atomic E-state index is -0.477. The number of carbonyl (C=O) groups excluding carboxylic acids is 1. The second-order valence-electron chi connectivity index (χ2n) is 3.59. The van der Waals surface area contributed by atoms with E-state index in [9.17, 15) is 9.18 Å². The maximum Gasteiger partial charge on any atom is 0.308 e. The van der Waals surface area contributed by atoms with Gasteiger partial charge in [0.25, 0.3) is 0 Å². The lowest BCUT2D eigenvalue weighted by Crippen LogP contribution is -2.11. The number of rotatable bonds is 5. The van der Waals surface area contributed by atoms with Gasteiger partial charge in [0.2, 0.25) is 0 Å². The highest BCUT2D eigenvalue weighted by molar-refractivity contribution is 5.85. The number of nitrogens with two attached hydrogens (primary N) is 1. The molecule has 1 atom stereocenters. The van der Waals surface area contributed by atoms with E-state index < -0.39 is 12.6 Å². The van der Waals surface area contributed by atoms with Gasteiger partial charge in [0.15, 0.2) is 11.5 Å². The molecule has 0 aliphatic heterocycles. The molecular formula is C12H17ClFNO3. The van der Waals surface area contributed by atoms with Crippen LogP contribution in [0.25, 0.3) is 0 Å². The average Bonchev–Trinajstić information content (AvgIpc) is 2.29. The summed E-state index contributed by atoms with van der Waals surface area (Å²) < 4.78 is 22.2. The van der Waals surface area contributed by atoms with E-state index in [1.165, 1.54) is 14.0 Å². The molecule has 0 spiro atoms. The summed E-state index contributed by atoms with van der Waals surface area (Å²) in [6.07, 6.45) is 0.246. The molecule has 0 aromatic heterocycles. The number of alkyl halides is 1. The van der Waals surface area contributed by atoms with E-state index in [1.54, 1.807) is 18.2 Å². The normalized spacial score (nSPS) is 11.3. The summed E-state index contributed by atoms with van der Waals surface area (Å²) in [5.74, 6) is 0.312. The van der Waals surface area contributed by atoms with Crippen LogP contribution in [0.4, 0.5) is 4.39 Å². The number of halogens is 2. The van der Waals surface area contributed by atoms with Gasteiger partial charge < -0.3 is 15.2 Å². The summed E-state index contributed by atoms with van der Waals surface area (Å²) in [5.41, 5.74) is 6.52. The Morgan fingerprint density at radius 1 is 1.44 bits per heavy atom. The van der Waals surface area contributed by atoms with Crippen molar-refractivity contribution in [2.45, 2.75) is 19.4 Å². The first-order valence-electron chi connectivity index (χ1n) is 5.26. The highest BCUT2D eigenvalue weighted by Gasteiger charge is 2.12. The molecule has 4 nitrogen and oxygen atoms in total. The summed E-state index contributed by atoms with van der Waals surface area (Å²) in [5, 5.41) is 0. The zero-order chi connectivity index (χ0) is 12.8. The SMILES string of the molecule is COc1cc([C@@H](N)CCF)ccc1OC(C)=O.Cl. The van der Waals surface area contributed by atoms with Crippen molar-refractivity contribution in [3.8, 4) is 11.5 Å². The third kappa shape index (κ3) is 4.50. The van der Waals surface area contributed by atoms with Gasteiger partial charge in [0.05, 0.1) is 13.8 Å². The van der Waals surface area contributed by atoms with Crippen molar-refractivity contribution in [2.24, 2.45) is 5.73 Å². The molecule has 0 unspecified atom stereocenters. The zero-order valence-electron chi connectivity index (χ0n) is 10.3. The predicted molar refractivity (Wildman–Crippen MR) is 69.1 cm³/mol. The Morgan fingerprint density at radius 2 is 2.11 bits per heavy atom. The summed E-state index contributed by atoms with van der Waals surface area (Å²) in [6, 6.07) is 4.55. The minimum Gasteiger partial charge on any atom is -0.493 e. The first-order valence-corrected chi connectivity index (χ1v) is 5.26. The number of carbonyl (C=O) groups is 1. The molecule has 1 aromatic rings. The lowest BCUT2D eigenvalue weighted by molar-refractivity contribution is -0.132. The largest absolute Gasteiger partial charge is 0.493 e. The van der Waals surface area contributed by atoms with Gasteiger partial charge >= 0.3 is 5.97 Å². The number of benzene rings is 1. The van der Waals surface area contributed by atoms with Crippen LogP contribution in [0.2, 0.25) is 0 Å². The standard InChI is InChI=1S/C12H16FNO3.ClH/c1-8(15)17-11-4-3-9(7-12(11)16-2)10(14)5-6-13;/h3-4,7,10H,5-6,14H2,1-2H3;1H/t10-;/m0./s1. The Balaban J connectivity index is 0.00000289. The Hall–Kier alpha value is -1.33. The molecule has 0 saturated heterocycles. The van der Waals surface area contributed by atoms with Gasteiger partial charge in [0, 0.05) is 13.0 Å². The van der Waals surface area contributed by atoms with Gasteiger partial charge in [-0.1, -0.05) is 6.07 Å². The first-order chi connectivity index (χ1) is 8.08. The molecule has 0 fully saturated rings. The second-order valence-corrected chi connectivity index (χ2v) is 3.59. The first kappa shape index (κ1) is 16.7. The van der Waals surface area contributed by atoms with Crippen LogP contribution in [0.5, 0.6) is 11.5 Å². The van der Waals surface area contributed by atoms with E-state index in [2.05, 4.69) is 0 Å². The van der Waals surface area contributed by atoms with E-state index >= 15 is 0 Å². The Labute approximate surface area is 112 Å². The maximum absolute atomic E-state index is 12.2. The van der Waals surface area contributed by atoms with E-state index in [0.717, 1.165) is 5.56 Å². The molecule has 18 heavy (non-hydrogen) atoms. The molecule has 2 N–H and O–H groups in total. The minimum absolute atomic E-state index is 0. The molecule has 0 saturated carbocycles. The van der Waals surface area contributed by atoms with Crippen LogP contribution in [0, 0.1) is 0 Å². The molecule has 6 heteroatoms. The van der Waals surface area contributed by atoms with Crippen molar-refractivity contribution in [1.82, 2.24) is 0 Å². The van der Waals surface area contributed by atoms with Gasteiger partial charge in [0.1, 0.15) is 0 Å². The van der Waals surface area contributed by atoms with Crippen LogP contribution in [0.15, 0.2) is 18.2 Å². The fraction of sp³-hybridized carbons (Fsp3) is 0.417. The Morgan fingerprint density at radius 3 is 2.61 bits per heavy atom. The van der Waals surface area contributed by atoms with Crippen molar-refractivity contribution in [2.75, 3.05) is 13.8 Å². The van der Waals surface area contributed by atoms with Gasteiger partial charge in [-0.25, -0.2) is 0 Å². The van der Waals surface area contributed by atoms with Gasteiger partial charge in [-0.05, 0) is 24.1 Å². The highest BCUT2D eigenvalue weighted by atomic mass is 35.5. The lowest BCUT2D eigenvalue weighted by atomic mass is 10.0. The molecule has 0 bridgehead atoms. The highest BCUT2D eigenvalue weighted by Crippen LogP contribution is 2.30. The molecular weight excluding hydrogens is 261 g/mol. The molecule has 0 amide bonds. The van der Waals surface area contributed by atoms with Crippen molar-refractivity contribution >= 4 is 18.4 Å². The van der Waals surface area contributed by atoms with Crippen LogP contribution in [0.1, 0.15) is 24.9 Å². The smallest absolute Gasteiger partial charge is 0.308 e. The molecule has 1 aromatic carbocycles. The van der Waals surface area contributed by atoms with Crippen LogP contribution in [-0.2, 0) is 4.79 Å². The number of ether oxygens (including phenoxy) is 2. The molecule has 102 valence electrons. The summed E-state index contributed by atoms with van der Waals surface area (Å²) in [6.45, 7) is 0.831. The molecule has 0 heterocycles. The number of esters is 1. The van der Waals surface area contributed by atoms with Gasteiger partial charge in [-0.3, -0.25) is 9.18 Å². The van der Waals surface area contributed by atoms with Crippen molar-refractivity contribution in [3.05, 3.63) is 23.8 Å². The zero-order valence-corrected chi connectivity index (χ0v) is 11.1. The third-order valence-electron chi connectivity index (χ3n) is 2.29. The van der Waals surface area contributed by atoms with Crippen molar-refractivity contribution < 1.29 is 18.7 Å². The number of hydrogen-bond donors (Lipinski definition) is 1. The van der Waals surface area contributed by atoms with Crippen molar-refractivity contribution in [3.63, 3.8) is 0 Å². The predicted octanol–water partition coefficient (Wildman–Crippen LogP) is 2.40.